The summed E-state index contributed by atoms with van der Waals surface area (Å²) in [6.45, 7) is 8.80. The third-order valence-electron chi connectivity index (χ3n) is 7.46. The number of nitrogens with zero attached hydrogens (tertiary/aromatic N) is 6. The highest BCUT2D eigenvalue weighted by Gasteiger charge is 2.56. The van der Waals surface area contributed by atoms with Gasteiger partial charge in [0, 0.05) is 50.0 Å². The minimum Gasteiger partial charge on any atom is -0.491 e. The Labute approximate surface area is 232 Å². The van der Waals surface area contributed by atoms with Gasteiger partial charge in [-0.1, -0.05) is 20.8 Å². The topological polar surface area (TPSA) is 130 Å². The van der Waals surface area contributed by atoms with Crippen molar-refractivity contribution < 1.29 is 19.0 Å². The number of aryl methyl sites for hydroxylation is 1. The number of methoxy groups -OCH3 is 1. The molecule has 5 heterocycles. The molecule has 1 atom stereocenters. The van der Waals surface area contributed by atoms with Crippen molar-refractivity contribution in [3.8, 4) is 17.2 Å². The number of carbonyl (C=O) groups is 1. The van der Waals surface area contributed by atoms with Crippen molar-refractivity contribution >= 4 is 34.7 Å². The average Bonchev–Trinajstić information content (AvgIpc) is 3.20. The SMILES string of the molecule is COc1c(Oc2ccnc(NC(C)=O)c2)cnc2nc(Nc3cc(C(C)(C)C)n(C4CCOC45CC5)n3)n(C)c12. The number of anilines is 3. The molecule has 40 heavy (non-hydrogen) atoms. The average molecular weight is 547 g/mol. The van der Waals surface area contributed by atoms with Gasteiger partial charge in [0.2, 0.25) is 11.9 Å². The maximum absolute atomic E-state index is 11.4. The lowest BCUT2D eigenvalue weighted by atomic mass is 9.91. The third-order valence-corrected chi connectivity index (χ3v) is 7.46. The lowest BCUT2D eigenvalue weighted by Crippen LogP contribution is -2.28. The quantitative estimate of drug-likeness (QED) is 0.334. The second-order valence-corrected chi connectivity index (χ2v) is 11.4. The fourth-order valence-electron chi connectivity index (χ4n) is 5.40. The number of carbonyl (C=O) groups excluding carboxylic acids is 1. The number of ether oxygens (including phenoxy) is 3. The molecule has 0 bridgehead atoms. The molecule has 1 saturated heterocycles. The minimum absolute atomic E-state index is 0.0629. The van der Waals surface area contributed by atoms with Crippen molar-refractivity contribution in [2.24, 2.45) is 7.05 Å². The van der Waals surface area contributed by atoms with Crippen molar-refractivity contribution in [2.75, 3.05) is 24.4 Å². The molecule has 1 spiro atoms. The Bertz CT molecular complexity index is 1600. The molecule has 4 aromatic heterocycles. The highest BCUT2D eigenvalue weighted by molar-refractivity contribution is 5.88. The molecule has 1 aliphatic carbocycles. The summed E-state index contributed by atoms with van der Waals surface area (Å²) >= 11 is 0. The highest BCUT2D eigenvalue weighted by atomic mass is 16.5. The molecule has 0 aromatic carbocycles. The number of aromatic nitrogens is 6. The van der Waals surface area contributed by atoms with Crippen LogP contribution in [0.5, 0.6) is 17.2 Å². The van der Waals surface area contributed by atoms with E-state index in [0.29, 0.717) is 46.0 Å². The first-order chi connectivity index (χ1) is 19.1. The van der Waals surface area contributed by atoms with Crippen LogP contribution in [-0.4, -0.2) is 54.5 Å². The Balaban J connectivity index is 1.33. The van der Waals surface area contributed by atoms with E-state index in [0.717, 1.165) is 31.6 Å². The number of fused-ring (bicyclic) bond motifs is 1. The monoisotopic (exact) mass is 546 g/mol. The molecule has 2 fully saturated rings. The van der Waals surface area contributed by atoms with Gasteiger partial charge in [0.15, 0.2) is 23.0 Å². The van der Waals surface area contributed by atoms with Gasteiger partial charge >= 0.3 is 0 Å². The normalized spacial score (nSPS) is 17.8. The largest absolute Gasteiger partial charge is 0.491 e. The van der Waals surface area contributed by atoms with Crippen LogP contribution in [-0.2, 0) is 22.0 Å². The molecule has 4 aromatic rings. The summed E-state index contributed by atoms with van der Waals surface area (Å²) in [5.74, 6) is 2.81. The maximum atomic E-state index is 11.4. The predicted molar refractivity (Wildman–Crippen MR) is 149 cm³/mol. The van der Waals surface area contributed by atoms with Gasteiger partial charge < -0.3 is 29.4 Å². The lowest BCUT2D eigenvalue weighted by Gasteiger charge is -2.26. The summed E-state index contributed by atoms with van der Waals surface area (Å²) < 4.78 is 22.0. The van der Waals surface area contributed by atoms with Gasteiger partial charge in [-0.15, -0.1) is 0 Å². The summed E-state index contributed by atoms with van der Waals surface area (Å²) in [4.78, 5) is 24.8. The molecule has 2 aliphatic rings. The van der Waals surface area contributed by atoms with Crippen LogP contribution in [0.2, 0.25) is 0 Å². The Kier molecular flexibility index (Phi) is 6.17. The fourth-order valence-corrected chi connectivity index (χ4v) is 5.40. The third kappa shape index (κ3) is 4.61. The van der Waals surface area contributed by atoms with Crippen LogP contribution >= 0.6 is 0 Å². The van der Waals surface area contributed by atoms with Crippen LogP contribution in [0.15, 0.2) is 30.6 Å². The van der Waals surface area contributed by atoms with Gasteiger partial charge in [-0.05, 0) is 25.3 Å². The van der Waals surface area contributed by atoms with Crippen molar-refractivity contribution in [1.29, 1.82) is 0 Å². The number of pyridine rings is 2. The Morgan fingerprint density at radius 1 is 1.20 bits per heavy atom. The van der Waals surface area contributed by atoms with E-state index in [1.54, 1.807) is 31.6 Å². The van der Waals surface area contributed by atoms with Crippen LogP contribution in [0.3, 0.4) is 0 Å². The molecule has 1 unspecified atom stereocenters. The number of nitrogens with one attached hydrogen (secondary N) is 2. The van der Waals surface area contributed by atoms with E-state index in [-0.39, 0.29) is 23.0 Å². The van der Waals surface area contributed by atoms with Crippen molar-refractivity contribution in [3.63, 3.8) is 0 Å². The second-order valence-electron chi connectivity index (χ2n) is 11.4. The molecule has 1 saturated carbocycles. The minimum atomic E-state index is -0.219. The molecule has 1 amide bonds. The molecular formula is C28H34N8O4. The van der Waals surface area contributed by atoms with Gasteiger partial charge in [-0.3, -0.25) is 9.48 Å². The van der Waals surface area contributed by atoms with Gasteiger partial charge in [-0.25, -0.2) is 9.97 Å². The molecule has 12 heteroatoms. The van der Waals surface area contributed by atoms with Gasteiger partial charge in [0.1, 0.15) is 17.1 Å². The standard InChI is InChI=1S/C28H34N8O4/c1-16(37)31-21-13-17(7-11-29-21)40-18-15-30-25-23(24(18)38-6)35(5)26(33-25)32-22-14-20(27(2,3)4)36(34-22)19-8-12-39-28(19)9-10-28/h7,11,13-15,19H,8-10,12H2,1-6H3,(H,29,31,37)(H,30,32,33,34). The van der Waals surface area contributed by atoms with Crippen LogP contribution in [0, 0.1) is 0 Å². The maximum Gasteiger partial charge on any atom is 0.222 e. The Hall–Kier alpha value is -4.19. The van der Waals surface area contributed by atoms with E-state index >= 15 is 0 Å². The first-order valence-corrected chi connectivity index (χ1v) is 13.4. The zero-order chi connectivity index (χ0) is 28.2. The van der Waals surface area contributed by atoms with Gasteiger partial charge in [-0.2, -0.15) is 10.1 Å². The van der Waals surface area contributed by atoms with Gasteiger partial charge in [0.05, 0.1) is 24.9 Å². The first-order valence-electron chi connectivity index (χ1n) is 13.4. The van der Waals surface area contributed by atoms with Crippen molar-refractivity contribution in [3.05, 3.63) is 36.3 Å². The molecular weight excluding hydrogens is 512 g/mol. The fraction of sp³-hybridized carbons (Fsp3) is 0.464. The van der Waals surface area contributed by atoms with E-state index in [4.69, 9.17) is 24.3 Å². The molecule has 1 aliphatic heterocycles. The molecule has 2 N–H and O–H groups in total. The number of rotatable bonds is 7. The smallest absolute Gasteiger partial charge is 0.222 e. The van der Waals surface area contributed by atoms with Crippen LogP contribution < -0.4 is 20.1 Å². The van der Waals surface area contributed by atoms with Crippen LogP contribution in [0.1, 0.15) is 58.7 Å². The molecule has 210 valence electrons. The predicted octanol–water partition coefficient (Wildman–Crippen LogP) is 4.85. The van der Waals surface area contributed by atoms with Crippen LogP contribution in [0.4, 0.5) is 17.6 Å². The van der Waals surface area contributed by atoms with E-state index in [1.807, 2.05) is 11.6 Å². The van der Waals surface area contributed by atoms with Crippen molar-refractivity contribution in [1.82, 2.24) is 29.3 Å². The number of hydrogen-bond acceptors (Lipinski definition) is 9. The van der Waals surface area contributed by atoms with E-state index in [1.165, 1.54) is 6.92 Å². The number of hydrogen-bond donors (Lipinski definition) is 2. The first kappa shape index (κ1) is 26.1. The molecule has 6 rings (SSSR count). The van der Waals surface area contributed by atoms with E-state index in [2.05, 4.69) is 52.1 Å². The summed E-state index contributed by atoms with van der Waals surface area (Å²) in [6.07, 6.45) is 6.25. The summed E-state index contributed by atoms with van der Waals surface area (Å²) in [7, 11) is 3.46. The summed E-state index contributed by atoms with van der Waals surface area (Å²) in [6, 6.07) is 5.66. The highest BCUT2D eigenvalue weighted by Crippen LogP contribution is 2.54. The zero-order valence-corrected chi connectivity index (χ0v) is 23.6. The van der Waals surface area contributed by atoms with Crippen LogP contribution in [0.25, 0.3) is 11.2 Å². The summed E-state index contributed by atoms with van der Waals surface area (Å²) in [5, 5.41) is 11.1. The van der Waals surface area contributed by atoms with E-state index in [9.17, 15) is 4.79 Å². The molecule has 12 nitrogen and oxygen atoms in total. The number of imidazole rings is 1. The Morgan fingerprint density at radius 2 is 2.00 bits per heavy atom. The zero-order valence-electron chi connectivity index (χ0n) is 23.6. The van der Waals surface area contributed by atoms with Crippen molar-refractivity contribution in [2.45, 2.75) is 64.0 Å². The van der Waals surface area contributed by atoms with Gasteiger partial charge in [0.25, 0.3) is 0 Å². The Morgan fingerprint density at radius 3 is 2.70 bits per heavy atom. The van der Waals surface area contributed by atoms with E-state index < -0.39 is 0 Å². The molecule has 0 radical (unpaired) electrons. The number of amides is 1. The summed E-state index contributed by atoms with van der Waals surface area (Å²) in [5.41, 5.74) is 2.15. The second kappa shape index (κ2) is 9.47. The lowest BCUT2D eigenvalue weighted by molar-refractivity contribution is -0.114.